The highest BCUT2D eigenvalue weighted by Gasteiger charge is 2.21. The fraction of sp³-hybridized carbons (Fsp3) is 0.154. The molecule has 0 radical (unpaired) electrons. The molecule has 6 nitrogen and oxygen atoms in total. The standard InChI is InChI=1S/C13H11F2N3O3/c1-7(16)8-3-2-4-17-13(8)21-12-6-9(14)11(18(19)20)5-10(12)15/h2-7H,16H2,1H3/t7-/m1/s1. The van der Waals surface area contributed by atoms with Crippen molar-refractivity contribution in [3.8, 4) is 11.6 Å². The first-order valence-corrected chi connectivity index (χ1v) is 5.92. The van der Waals surface area contributed by atoms with Crippen molar-refractivity contribution in [2.75, 3.05) is 0 Å². The Morgan fingerprint density at radius 3 is 2.71 bits per heavy atom. The van der Waals surface area contributed by atoms with Gasteiger partial charge in [0, 0.05) is 23.9 Å². The van der Waals surface area contributed by atoms with E-state index in [2.05, 4.69) is 4.98 Å². The summed E-state index contributed by atoms with van der Waals surface area (Å²) >= 11 is 0. The Morgan fingerprint density at radius 2 is 2.10 bits per heavy atom. The van der Waals surface area contributed by atoms with Gasteiger partial charge in [-0.05, 0) is 13.0 Å². The number of nitro groups is 1. The van der Waals surface area contributed by atoms with Crippen LogP contribution in [0.2, 0.25) is 0 Å². The summed E-state index contributed by atoms with van der Waals surface area (Å²) < 4.78 is 32.5. The second kappa shape index (κ2) is 5.80. The maximum Gasteiger partial charge on any atom is 0.307 e. The molecule has 0 saturated heterocycles. The zero-order valence-electron chi connectivity index (χ0n) is 10.9. The maximum atomic E-state index is 13.8. The molecule has 1 aromatic heterocycles. The quantitative estimate of drug-likeness (QED) is 0.691. The number of ether oxygens (including phenoxy) is 1. The highest BCUT2D eigenvalue weighted by atomic mass is 19.1. The Kier molecular flexibility index (Phi) is 4.08. The van der Waals surface area contributed by atoms with Gasteiger partial charge < -0.3 is 10.5 Å². The lowest BCUT2D eigenvalue weighted by Crippen LogP contribution is -2.08. The van der Waals surface area contributed by atoms with Crippen molar-refractivity contribution in [2.45, 2.75) is 13.0 Å². The Balaban J connectivity index is 2.41. The van der Waals surface area contributed by atoms with E-state index in [9.17, 15) is 18.9 Å². The van der Waals surface area contributed by atoms with Crippen molar-refractivity contribution in [1.82, 2.24) is 4.98 Å². The van der Waals surface area contributed by atoms with E-state index in [-0.39, 0.29) is 5.88 Å². The van der Waals surface area contributed by atoms with Crippen LogP contribution in [0.5, 0.6) is 11.6 Å². The van der Waals surface area contributed by atoms with Gasteiger partial charge in [0.05, 0.1) is 11.0 Å². The van der Waals surface area contributed by atoms with Crippen LogP contribution in [0, 0.1) is 21.7 Å². The number of benzene rings is 1. The Morgan fingerprint density at radius 1 is 1.38 bits per heavy atom. The smallest absolute Gasteiger partial charge is 0.307 e. The van der Waals surface area contributed by atoms with E-state index >= 15 is 0 Å². The van der Waals surface area contributed by atoms with Gasteiger partial charge in [0.15, 0.2) is 11.6 Å². The van der Waals surface area contributed by atoms with Gasteiger partial charge in [0.2, 0.25) is 11.7 Å². The van der Waals surface area contributed by atoms with Crippen molar-refractivity contribution in [2.24, 2.45) is 5.73 Å². The Labute approximate surface area is 118 Å². The average Bonchev–Trinajstić information content (AvgIpc) is 2.42. The van der Waals surface area contributed by atoms with Crippen molar-refractivity contribution < 1.29 is 18.4 Å². The van der Waals surface area contributed by atoms with Gasteiger partial charge >= 0.3 is 5.69 Å². The predicted molar refractivity (Wildman–Crippen MR) is 69.9 cm³/mol. The molecule has 1 atom stereocenters. The van der Waals surface area contributed by atoms with Gasteiger partial charge in [0.1, 0.15) is 0 Å². The Hall–Kier alpha value is -2.61. The van der Waals surface area contributed by atoms with Crippen molar-refractivity contribution >= 4 is 5.69 Å². The zero-order chi connectivity index (χ0) is 15.6. The summed E-state index contributed by atoms with van der Waals surface area (Å²) in [6, 6.07) is 3.89. The highest BCUT2D eigenvalue weighted by Crippen LogP contribution is 2.31. The molecule has 8 heteroatoms. The van der Waals surface area contributed by atoms with Crippen molar-refractivity contribution in [1.29, 1.82) is 0 Å². The fourth-order valence-corrected chi connectivity index (χ4v) is 1.68. The third-order valence-electron chi connectivity index (χ3n) is 2.70. The van der Waals surface area contributed by atoms with Gasteiger partial charge in [0.25, 0.3) is 0 Å². The summed E-state index contributed by atoms with van der Waals surface area (Å²) in [5.41, 5.74) is 5.25. The van der Waals surface area contributed by atoms with Crippen LogP contribution in [0.15, 0.2) is 30.5 Å². The van der Waals surface area contributed by atoms with Crippen LogP contribution < -0.4 is 10.5 Å². The monoisotopic (exact) mass is 295 g/mol. The minimum Gasteiger partial charge on any atom is -0.435 e. The topological polar surface area (TPSA) is 91.3 Å². The molecule has 21 heavy (non-hydrogen) atoms. The molecular formula is C13H11F2N3O3. The van der Waals surface area contributed by atoms with E-state index in [0.29, 0.717) is 17.7 Å². The number of nitro benzene ring substituents is 1. The zero-order valence-corrected chi connectivity index (χ0v) is 10.9. The Bertz CT molecular complexity index is 692. The molecule has 0 fully saturated rings. The van der Waals surface area contributed by atoms with Crippen LogP contribution in [0.3, 0.4) is 0 Å². The number of rotatable bonds is 4. The predicted octanol–water partition coefficient (Wildman–Crippen LogP) is 3.08. The molecule has 0 spiro atoms. The van der Waals surface area contributed by atoms with Gasteiger partial charge in [-0.2, -0.15) is 4.39 Å². The largest absolute Gasteiger partial charge is 0.435 e. The number of halogens is 2. The third-order valence-corrected chi connectivity index (χ3v) is 2.70. The van der Waals surface area contributed by atoms with E-state index in [1.165, 1.54) is 6.20 Å². The van der Waals surface area contributed by atoms with Gasteiger partial charge in [-0.25, -0.2) is 9.37 Å². The number of hydrogen-bond donors (Lipinski definition) is 1. The molecule has 0 aliphatic carbocycles. The molecule has 2 aromatic rings. The first kappa shape index (κ1) is 14.8. The number of hydrogen-bond acceptors (Lipinski definition) is 5. The van der Waals surface area contributed by atoms with Gasteiger partial charge in [-0.3, -0.25) is 10.1 Å². The normalized spacial score (nSPS) is 12.0. The van der Waals surface area contributed by atoms with Crippen molar-refractivity contribution in [3.05, 3.63) is 57.8 Å². The van der Waals surface area contributed by atoms with Crippen LogP contribution in [0.1, 0.15) is 18.5 Å². The van der Waals surface area contributed by atoms with Gasteiger partial charge in [-0.1, -0.05) is 6.07 Å². The summed E-state index contributed by atoms with van der Waals surface area (Å²) in [6.07, 6.45) is 1.40. The number of aromatic nitrogens is 1. The SMILES string of the molecule is C[C@@H](N)c1cccnc1Oc1cc(F)c([N+](=O)[O-])cc1F. The lowest BCUT2D eigenvalue weighted by Gasteiger charge is -2.12. The summed E-state index contributed by atoms with van der Waals surface area (Å²) in [5.74, 6) is -2.75. The van der Waals surface area contributed by atoms with Crippen LogP contribution in [-0.2, 0) is 0 Å². The third kappa shape index (κ3) is 3.11. The number of nitrogens with zero attached hydrogens (tertiary/aromatic N) is 2. The molecular weight excluding hydrogens is 284 g/mol. The molecule has 0 bridgehead atoms. The van der Waals surface area contributed by atoms with Crippen LogP contribution in [-0.4, -0.2) is 9.91 Å². The summed E-state index contributed by atoms with van der Waals surface area (Å²) in [7, 11) is 0. The molecule has 2 rings (SSSR count). The van der Waals surface area contributed by atoms with Gasteiger partial charge in [-0.15, -0.1) is 0 Å². The molecule has 1 aromatic carbocycles. The van der Waals surface area contributed by atoms with Crippen molar-refractivity contribution in [3.63, 3.8) is 0 Å². The summed E-state index contributed by atoms with van der Waals surface area (Å²) in [6.45, 7) is 1.68. The van der Waals surface area contributed by atoms with E-state index in [1.807, 2.05) is 0 Å². The van der Waals surface area contributed by atoms with E-state index in [1.54, 1.807) is 19.1 Å². The highest BCUT2D eigenvalue weighted by molar-refractivity contribution is 5.42. The minimum absolute atomic E-state index is 0.0136. The van der Waals surface area contributed by atoms with E-state index in [4.69, 9.17) is 10.5 Å². The molecule has 0 aliphatic heterocycles. The lowest BCUT2D eigenvalue weighted by molar-refractivity contribution is -0.387. The molecule has 0 unspecified atom stereocenters. The number of nitrogens with two attached hydrogens (primary N) is 1. The fourth-order valence-electron chi connectivity index (χ4n) is 1.68. The van der Waals surface area contributed by atoms with Crippen LogP contribution in [0.25, 0.3) is 0 Å². The minimum atomic E-state index is -1.20. The molecule has 1 heterocycles. The first-order chi connectivity index (χ1) is 9.90. The molecule has 0 amide bonds. The van der Waals surface area contributed by atoms with E-state index < -0.39 is 34.0 Å². The summed E-state index contributed by atoms with van der Waals surface area (Å²) in [5, 5.41) is 10.5. The van der Waals surface area contributed by atoms with Crippen LogP contribution >= 0.6 is 0 Å². The molecule has 2 N–H and O–H groups in total. The lowest BCUT2D eigenvalue weighted by atomic mass is 10.1. The molecule has 0 aliphatic rings. The molecule has 0 saturated carbocycles. The second-order valence-electron chi connectivity index (χ2n) is 4.28. The van der Waals surface area contributed by atoms with E-state index in [0.717, 1.165) is 0 Å². The summed E-state index contributed by atoms with van der Waals surface area (Å²) in [4.78, 5) is 13.4. The first-order valence-electron chi connectivity index (χ1n) is 5.92. The second-order valence-corrected chi connectivity index (χ2v) is 4.28. The average molecular weight is 295 g/mol. The number of pyridine rings is 1. The maximum absolute atomic E-state index is 13.8. The molecule has 110 valence electrons. The van der Waals surface area contributed by atoms with Crippen LogP contribution in [0.4, 0.5) is 14.5 Å².